The van der Waals surface area contributed by atoms with Crippen molar-refractivity contribution < 1.29 is 9.90 Å². The molecule has 0 spiro atoms. The van der Waals surface area contributed by atoms with E-state index in [-0.39, 0.29) is 34.7 Å². The minimum atomic E-state index is -0.432. The number of hydrogen-bond acceptors (Lipinski definition) is 5. The van der Waals surface area contributed by atoms with Crippen LogP contribution >= 0.6 is 11.8 Å². The first-order valence-corrected chi connectivity index (χ1v) is 7.49. The summed E-state index contributed by atoms with van der Waals surface area (Å²) in [7, 11) is 0. The third-order valence-electron chi connectivity index (χ3n) is 2.72. The number of amides is 1. The Morgan fingerprint density at radius 3 is 2.77 bits per heavy atom. The maximum atomic E-state index is 11.8. The Bertz CT molecular complexity index is 729. The highest BCUT2D eigenvalue weighted by Crippen LogP contribution is 2.17. The van der Waals surface area contributed by atoms with Crippen LogP contribution in [0.4, 0.5) is 5.69 Å². The molecule has 114 valence electrons. The van der Waals surface area contributed by atoms with Crippen LogP contribution in [0.25, 0.3) is 0 Å². The average molecular weight is 317 g/mol. The number of allylic oxidation sites excluding steroid dienone is 1. The number of H-pyrrole nitrogens is 1. The molecule has 1 aromatic carbocycles. The van der Waals surface area contributed by atoms with E-state index in [1.54, 1.807) is 12.1 Å². The summed E-state index contributed by atoms with van der Waals surface area (Å²) >= 11 is 1.04. The van der Waals surface area contributed by atoms with Gasteiger partial charge in [-0.15, -0.1) is 6.58 Å². The predicted molar refractivity (Wildman–Crippen MR) is 86.2 cm³/mol. The first-order chi connectivity index (χ1) is 10.6. The van der Waals surface area contributed by atoms with E-state index in [4.69, 9.17) is 0 Å². The zero-order valence-electron chi connectivity index (χ0n) is 11.7. The highest BCUT2D eigenvalue weighted by molar-refractivity contribution is 7.99. The van der Waals surface area contributed by atoms with Gasteiger partial charge in [-0.3, -0.25) is 9.59 Å². The van der Waals surface area contributed by atoms with Crippen LogP contribution in [0.1, 0.15) is 5.56 Å². The fourth-order valence-electron chi connectivity index (χ4n) is 1.71. The van der Waals surface area contributed by atoms with E-state index in [0.29, 0.717) is 5.69 Å². The summed E-state index contributed by atoms with van der Waals surface area (Å²) in [5, 5.41) is 12.6. The monoisotopic (exact) mass is 317 g/mol. The molecule has 0 aliphatic carbocycles. The second kappa shape index (κ2) is 7.46. The van der Waals surface area contributed by atoms with E-state index < -0.39 is 5.56 Å². The van der Waals surface area contributed by atoms with Crippen LogP contribution in [0.5, 0.6) is 5.88 Å². The smallest absolute Gasteiger partial charge is 0.258 e. The summed E-state index contributed by atoms with van der Waals surface area (Å²) in [4.78, 5) is 30.0. The van der Waals surface area contributed by atoms with Crippen LogP contribution in [0, 0.1) is 0 Å². The number of para-hydroxylation sites is 1. The van der Waals surface area contributed by atoms with E-state index in [1.165, 1.54) is 6.08 Å². The van der Waals surface area contributed by atoms with Crippen LogP contribution in [-0.2, 0) is 11.2 Å². The van der Waals surface area contributed by atoms with Crippen molar-refractivity contribution in [2.24, 2.45) is 0 Å². The number of benzene rings is 1. The van der Waals surface area contributed by atoms with Gasteiger partial charge in [-0.2, -0.15) is 4.98 Å². The minimum Gasteiger partial charge on any atom is -0.493 e. The van der Waals surface area contributed by atoms with E-state index in [0.717, 1.165) is 11.8 Å². The molecule has 22 heavy (non-hydrogen) atoms. The fraction of sp³-hybridized carbons (Fsp3) is 0.133. The van der Waals surface area contributed by atoms with Crippen molar-refractivity contribution in [3.05, 3.63) is 58.9 Å². The number of aromatic amines is 1. The van der Waals surface area contributed by atoms with Crippen molar-refractivity contribution in [1.29, 1.82) is 0 Å². The molecule has 2 aromatic rings. The Hall–Kier alpha value is -2.54. The lowest BCUT2D eigenvalue weighted by molar-refractivity contribution is -0.113. The maximum Gasteiger partial charge on any atom is 0.258 e. The number of carbonyl (C=O) groups excluding carboxylic acids is 1. The van der Waals surface area contributed by atoms with Gasteiger partial charge in [-0.1, -0.05) is 36.0 Å². The second-order valence-electron chi connectivity index (χ2n) is 4.37. The standard InChI is InChI=1S/C15H15N3O3S/c1-2-6-11-13(20)17-15(18-14(11)21)22-9-12(19)16-10-7-4-3-5-8-10/h2-5,7-8H,1,6,9H2,(H,16,19)(H2,17,18,20,21). The van der Waals surface area contributed by atoms with Gasteiger partial charge in [0, 0.05) is 12.1 Å². The van der Waals surface area contributed by atoms with Gasteiger partial charge < -0.3 is 15.4 Å². The molecule has 2 rings (SSSR count). The normalized spacial score (nSPS) is 10.2. The van der Waals surface area contributed by atoms with Crippen LogP contribution in [-0.4, -0.2) is 26.7 Å². The Morgan fingerprint density at radius 2 is 2.14 bits per heavy atom. The van der Waals surface area contributed by atoms with Gasteiger partial charge in [0.25, 0.3) is 5.56 Å². The van der Waals surface area contributed by atoms with Crippen LogP contribution < -0.4 is 10.9 Å². The number of nitrogens with zero attached hydrogens (tertiary/aromatic N) is 1. The molecule has 0 unspecified atom stereocenters. The molecule has 0 aliphatic rings. The minimum absolute atomic E-state index is 0.0675. The largest absolute Gasteiger partial charge is 0.493 e. The number of carbonyl (C=O) groups is 1. The first-order valence-electron chi connectivity index (χ1n) is 6.51. The highest BCUT2D eigenvalue weighted by Gasteiger charge is 2.11. The van der Waals surface area contributed by atoms with Crippen molar-refractivity contribution in [1.82, 2.24) is 9.97 Å². The SMILES string of the molecule is C=CCc1c(O)nc(SCC(=O)Nc2ccccc2)[nH]c1=O. The molecule has 0 saturated heterocycles. The molecule has 6 nitrogen and oxygen atoms in total. The molecular formula is C15H15N3O3S. The van der Waals surface area contributed by atoms with Crippen LogP contribution in [0.3, 0.4) is 0 Å². The lowest BCUT2D eigenvalue weighted by Crippen LogP contribution is -2.17. The molecule has 1 amide bonds. The quantitative estimate of drug-likeness (QED) is 0.430. The molecule has 0 radical (unpaired) electrons. The molecule has 0 fully saturated rings. The van der Waals surface area contributed by atoms with Crippen molar-refractivity contribution in [3.8, 4) is 5.88 Å². The van der Waals surface area contributed by atoms with Gasteiger partial charge in [0.1, 0.15) is 0 Å². The van der Waals surface area contributed by atoms with Crippen molar-refractivity contribution >= 4 is 23.4 Å². The molecule has 7 heteroatoms. The van der Waals surface area contributed by atoms with E-state index in [2.05, 4.69) is 21.9 Å². The average Bonchev–Trinajstić information content (AvgIpc) is 2.50. The Morgan fingerprint density at radius 1 is 1.41 bits per heavy atom. The van der Waals surface area contributed by atoms with Crippen molar-refractivity contribution in [3.63, 3.8) is 0 Å². The van der Waals surface area contributed by atoms with E-state index in [1.807, 2.05) is 18.2 Å². The van der Waals surface area contributed by atoms with Gasteiger partial charge in [-0.05, 0) is 12.1 Å². The summed E-state index contributed by atoms with van der Waals surface area (Å²) in [6, 6.07) is 9.04. The molecule has 0 saturated carbocycles. The van der Waals surface area contributed by atoms with E-state index in [9.17, 15) is 14.7 Å². The third kappa shape index (κ3) is 4.23. The predicted octanol–water partition coefficient (Wildman–Crippen LogP) is 1.93. The number of aromatic hydroxyl groups is 1. The number of thioether (sulfide) groups is 1. The highest BCUT2D eigenvalue weighted by atomic mass is 32.2. The summed E-state index contributed by atoms with van der Waals surface area (Å²) in [5.41, 5.74) is 0.421. The molecular weight excluding hydrogens is 302 g/mol. The summed E-state index contributed by atoms with van der Waals surface area (Å²) in [5.74, 6) is -0.499. The molecule has 3 N–H and O–H groups in total. The second-order valence-corrected chi connectivity index (χ2v) is 5.33. The molecule has 1 heterocycles. The van der Waals surface area contributed by atoms with Gasteiger partial charge in [0.15, 0.2) is 5.16 Å². The topological polar surface area (TPSA) is 95.1 Å². The van der Waals surface area contributed by atoms with Crippen LogP contribution in [0.15, 0.2) is 52.9 Å². The number of nitrogens with one attached hydrogen (secondary N) is 2. The summed E-state index contributed by atoms with van der Waals surface area (Å²) < 4.78 is 0. The Balaban J connectivity index is 1.98. The number of aromatic nitrogens is 2. The Kier molecular flexibility index (Phi) is 5.37. The van der Waals surface area contributed by atoms with Gasteiger partial charge in [0.05, 0.1) is 11.3 Å². The van der Waals surface area contributed by atoms with E-state index >= 15 is 0 Å². The zero-order chi connectivity index (χ0) is 15.9. The molecule has 0 aliphatic heterocycles. The van der Waals surface area contributed by atoms with Crippen molar-refractivity contribution in [2.75, 3.05) is 11.1 Å². The molecule has 0 bridgehead atoms. The third-order valence-corrected chi connectivity index (χ3v) is 3.59. The first kappa shape index (κ1) is 15.8. The van der Waals surface area contributed by atoms with Crippen molar-refractivity contribution in [2.45, 2.75) is 11.6 Å². The van der Waals surface area contributed by atoms with Gasteiger partial charge >= 0.3 is 0 Å². The van der Waals surface area contributed by atoms with Gasteiger partial charge in [0.2, 0.25) is 11.8 Å². The number of rotatable bonds is 6. The van der Waals surface area contributed by atoms with Crippen LogP contribution in [0.2, 0.25) is 0 Å². The number of hydrogen-bond donors (Lipinski definition) is 3. The maximum absolute atomic E-state index is 11.8. The summed E-state index contributed by atoms with van der Waals surface area (Å²) in [6.07, 6.45) is 1.74. The zero-order valence-corrected chi connectivity index (χ0v) is 12.5. The molecule has 1 aromatic heterocycles. The lowest BCUT2D eigenvalue weighted by atomic mass is 10.2. The van der Waals surface area contributed by atoms with Gasteiger partial charge in [-0.25, -0.2) is 0 Å². The Labute approximate surface area is 131 Å². The summed E-state index contributed by atoms with van der Waals surface area (Å²) in [6.45, 7) is 3.51. The number of anilines is 1. The fourth-order valence-corrected chi connectivity index (χ4v) is 2.37. The lowest BCUT2D eigenvalue weighted by Gasteiger charge is -2.06. The molecule has 0 atom stereocenters.